The molecule has 0 unspecified atom stereocenters. The zero-order chi connectivity index (χ0) is 9.35. The minimum atomic E-state index is 0.243. The fourth-order valence-electron chi connectivity index (χ4n) is 1.24. The molecular formula is C11H15Se. The van der Waals surface area contributed by atoms with E-state index in [-0.39, 0.29) is 5.41 Å². The van der Waals surface area contributed by atoms with Gasteiger partial charge in [0.1, 0.15) is 0 Å². The van der Waals surface area contributed by atoms with Crippen molar-refractivity contribution in [3.05, 3.63) is 29.3 Å². The molecule has 0 saturated carbocycles. The molecule has 0 heterocycles. The first-order valence-corrected chi connectivity index (χ1v) is 5.05. The van der Waals surface area contributed by atoms with Crippen molar-refractivity contribution in [3.63, 3.8) is 0 Å². The van der Waals surface area contributed by atoms with E-state index in [2.05, 4.69) is 61.9 Å². The van der Waals surface area contributed by atoms with Gasteiger partial charge in [-0.1, -0.05) is 0 Å². The Bertz CT molecular complexity index is 282. The van der Waals surface area contributed by atoms with Crippen LogP contribution < -0.4 is 4.46 Å². The predicted octanol–water partition coefficient (Wildman–Crippen LogP) is 2.09. The molecule has 0 aliphatic carbocycles. The van der Waals surface area contributed by atoms with Crippen LogP contribution in [0, 0.1) is 6.92 Å². The van der Waals surface area contributed by atoms with Gasteiger partial charge in [0, 0.05) is 0 Å². The van der Waals surface area contributed by atoms with E-state index in [1.165, 1.54) is 15.6 Å². The molecule has 65 valence electrons. The van der Waals surface area contributed by atoms with Gasteiger partial charge in [0.25, 0.3) is 0 Å². The average Bonchev–Trinajstić information content (AvgIpc) is 1.92. The van der Waals surface area contributed by atoms with Gasteiger partial charge in [0.2, 0.25) is 0 Å². The average molecular weight is 226 g/mol. The molecule has 0 aromatic heterocycles. The van der Waals surface area contributed by atoms with Crippen LogP contribution in [0.1, 0.15) is 31.9 Å². The van der Waals surface area contributed by atoms with E-state index < -0.39 is 0 Å². The molecule has 0 aliphatic heterocycles. The Labute approximate surface area is 83.2 Å². The Morgan fingerprint density at radius 3 is 2.17 bits per heavy atom. The Kier molecular flexibility index (Phi) is 2.65. The summed E-state index contributed by atoms with van der Waals surface area (Å²) in [7, 11) is 0. The fourth-order valence-corrected chi connectivity index (χ4v) is 2.17. The second-order valence-corrected chi connectivity index (χ2v) is 5.06. The van der Waals surface area contributed by atoms with Crippen molar-refractivity contribution < 1.29 is 0 Å². The molecule has 1 heteroatoms. The monoisotopic (exact) mass is 227 g/mol. The van der Waals surface area contributed by atoms with Crippen LogP contribution in [0.3, 0.4) is 0 Å². The van der Waals surface area contributed by atoms with Gasteiger partial charge in [-0.05, 0) is 0 Å². The van der Waals surface area contributed by atoms with Crippen LogP contribution in [0.2, 0.25) is 0 Å². The molecule has 0 spiro atoms. The molecule has 0 saturated heterocycles. The molecule has 0 N–H and O–H groups in total. The van der Waals surface area contributed by atoms with E-state index in [1.54, 1.807) is 0 Å². The van der Waals surface area contributed by atoms with Crippen molar-refractivity contribution in [1.29, 1.82) is 0 Å². The third-order valence-electron chi connectivity index (χ3n) is 2.02. The fraction of sp³-hybridized carbons (Fsp3) is 0.455. The third-order valence-corrected chi connectivity index (χ3v) is 3.16. The molecule has 0 atom stereocenters. The van der Waals surface area contributed by atoms with Gasteiger partial charge in [0.15, 0.2) is 0 Å². The summed E-state index contributed by atoms with van der Waals surface area (Å²) in [5.41, 5.74) is 2.98. The number of rotatable bonds is 0. The second kappa shape index (κ2) is 3.24. The Morgan fingerprint density at radius 1 is 1.17 bits per heavy atom. The molecule has 12 heavy (non-hydrogen) atoms. The van der Waals surface area contributed by atoms with Crippen molar-refractivity contribution in [1.82, 2.24) is 0 Å². The zero-order valence-electron chi connectivity index (χ0n) is 8.14. The van der Waals surface area contributed by atoms with Gasteiger partial charge in [-0.2, -0.15) is 0 Å². The van der Waals surface area contributed by atoms with Gasteiger partial charge in [-0.25, -0.2) is 0 Å². The molecule has 0 fully saturated rings. The Morgan fingerprint density at radius 2 is 1.75 bits per heavy atom. The summed E-state index contributed by atoms with van der Waals surface area (Å²) in [6.45, 7) is 8.86. The molecule has 0 aliphatic rings. The van der Waals surface area contributed by atoms with Gasteiger partial charge < -0.3 is 0 Å². The standard InChI is InChI=1S/C11H15Se/c1-8-6-5-7-9(10(8)12)11(2,3)4/h5-7H,1-4H3. The van der Waals surface area contributed by atoms with E-state index in [0.29, 0.717) is 0 Å². The normalized spacial score (nSPS) is 11.7. The van der Waals surface area contributed by atoms with Crippen LogP contribution in [0.4, 0.5) is 0 Å². The second-order valence-electron chi connectivity index (χ2n) is 4.20. The maximum absolute atomic E-state index is 3.15. The molecule has 0 bridgehead atoms. The number of hydrogen-bond acceptors (Lipinski definition) is 0. The summed E-state index contributed by atoms with van der Waals surface area (Å²) in [4.78, 5) is 0. The topological polar surface area (TPSA) is 0 Å². The van der Waals surface area contributed by atoms with E-state index >= 15 is 0 Å². The first kappa shape index (κ1) is 9.82. The zero-order valence-corrected chi connectivity index (χ0v) is 9.85. The molecule has 1 rings (SSSR count). The number of aryl methyl sites for hydroxylation is 1. The van der Waals surface area contributed by atoms with Gasteiger partial charge >= 0.3 is 82.9 Å². The molecule has 1 aromatic rings. The number of benzene rings is 1. The van der Waals surface area contributed by atoms with Crippen molar-refractivity contribution in [2.45, 2.75) is 33.1 Å². The summed E-state index contributed by atoms with van der Waals surface area (Å²) in [5, 5.41) is 0. The Balaban J connectivity index is 3.26. The number of hydrogen-bond donors (Lipinski definition) is 0. The molecule has 1 aromatic carbocycles. The van der Waals surface area contributed by atoms with Crippen LogP contribution in [0.25, 0.3) is 0 Å². The van der Waals surface area contributed by atoms with Crippen molar-refractivity contribution >= 4 is 20.5 Å². The van der Waals surface area contributed by atoms with Crippen LogP contribution >= 0.6 is 0 Å². The third kappa shape index (κ3) is 1.91. The van der Waals surface area contributed by atoms with Gasteiger partial charge in [0.05, 0.1) is 0 Å². The van der Waals surface area contributed by atoms with E-state index in [0.717, 1.165) is 0 Å². The molecule has 0 amide bonds. The van der Waals surface area contributed by atoms with Crippen molar-refractivity contribution in [2.75, 3.05) is 0 Å². The van der Waals surface area contributed by atoms with Gasteiger partial charge in [-0.3, -0.25) is 0 Å². The minimum absolute atomic E-state index is 0.243. The first-order chi connectivity index (χ1) is 5.43. The summed E-state index contributed by atoms with van der Waals surface area (Å²) in [6, 6.07) is 6.46. The van der Waals surface area contributed by atoms with Gasteiger partial charge in [-0.15, -0.1) is 0 Å². The van der Waals surface area contributed by atoms with Crippen LogP contribution in [0.5, 0.6) is 0 Å². The molecule has 1 radical (unpaired) electrons. The summed E-state index contributed by atoms with van der Waals surface area (Å²) < 4.78 is 1.31. The first-order valence-electron chi connectivity index (χ1n) is 4.20. The molecule has 0 nitrogen and oxygen atoms in total. The summed E-state index contributed by atoms with van der Waals surface area (Å²) >= 11 is 3.15. The predicted molar refractivity (Wildman–Crippen MR) is 55.3 cm³/mol. The molecular weight excluding hydrogens is 211 g/mol. The van der Waals surface area contributed by atoms with Crippen LogP contribution in [-0.2, 0) is 5.41 Å². The van der Waals surface area contributed by atoms with Crippen molar-refractivity contribution in [3.8, 4) is 0 Å². The van der Waals surface area contributed by atoms with E-state index in [9.17, 15) is 0 Å². The van der Waals surface area contributed by atoms with Crippen LogP contribution in [0.15, 0.2) is 18.2 Å². The van der Waals surface area contributed by atoms with E-state index in [1.807, 2.05) is 0 Å². The van der Waals surface area contributed by atoms with Crippen LogP contribution in [-0.4, -0.2) is 16.0 Å². The Hall–Kier alpha value is -0.261. The maximum atomic E-state index is 3.15. The quantitative estimate of drug-likeness (QED) is 0.594. The van der Waals surface area contributed by atoms with E-state index in [4.69, 9.17) is 0 Å². The van der Waals surface area contributed by atoms with Crippen molar-refractivity contribution in [2.24, 2.45) is 0 Å². The summed E-state index contributed by atoms with van der Waals surface area (Å²) in [6.07, 6.45) is 0. The summed E-state index contributed by atoms with van der Waals surface area (Å²) in [5.74, 6) is 0. The SMILES string of the molecule is Cc1cccc(C(C)(C)C)c1[Se].